The molecule has 1 aromatic carbocycles. The van der Waals surface area contributed by atoms with Crippen LogP contribution in [0.2, 0.25) is 5.02 Å². The molecule has 34 heavy (non-hydrogen) atoms. The number of benzene rings is 1. The average Bonchev–Trinajstić information content (AvgIpc) is 3.23. The third-order valence-electron chi connectivity index (χ3n) is 5.77. The van der Waals surface area contributed by atoms with E-state index in [1.165, 1.54) is 0 Å². The number of nitrogens with one attached hydrogen (secondary N) is 1. The fourth-order valence-electron chi connectivity index (χ4n) is 4.06. The number of carbonyl (C=O) groups is 1. The molecule has 7 nitrogen and oxygen atoms in total. The normalized spacial score (nSPS) is 12.1. The van der Waals surface area contributed by atoms with Gasteiger partial charge in [0.25, 0.3) is 0 Å². The summed E-state index contributed by atoms with van der Waals surface area (Å²) in [5, 5.41) is 3.47. The standard InChI is InChI=1S/C26H28ClN5O2/c1-19(22-6-5-8-25(29-22)34-2)16-31(15-13-28-18-33)17-23-26(20-9-11-21(27)12-10-20)30-24-7-3-4-14-32(23)24/h3-12,14,18-19H,13,15-17H2,1-2H3,(H,28,33). The highest BCUT2D eigenvalue weighted by atomic mass is 35.5. The van der Waals surface area contributed by atoms with Gasteiger partial charge in [-0.2, -0.15) is 0 Å². The molecular formula is C26H28ClN5O2. The number of halogens is 1. The number of rotatable bonds is 11. The fraction of sp³-hybridized carbons (Fsp3) is 0.269. The molecule has 0 spiro atoms. The van der Waals surface area contributed by atoms with E-state index in [0.29, 0.717) is 30.5 Å². The predicted octanol–water partition coefficient (Wildman–Crippen LogP) is 4.41. The highest BCUT2D eigenvalue weighted by molar-refractivity contribution is 6.30. The van der Waals surface area contributed by atoms with Crippen molar-refractivity contribution >= 4 is 23.7 Å². The van der Waals surface area contributed by atoms with Gasteiger partial charge in [-0.15, -0.1) is 0 Å². The van der Waals surface area contributed by atoms with Crippen LogP contribution < -0.4 is 10.1 Å². The number of hydrogen-bond donors (Lipinski definition) is 1. The summed E-state index contributed by atoms with van der Waals surface area (Å²) in [6, 6.07) is 19.6. The third-order valence-corrected chi connectivity index (χ3v) is 6.02. The Morgan fingerprint density at radius 1 is 1.12 bits per heavy atom. The van der Waals surface area contributed by atoms with Gasteiger partial charge in [0.1, 0.15) is 5.65 Å². The third kappa shape index (κ3) is 5.55. The number of methoxy groups -OCH3 is 1. The molecule has 0 saturated carbocycles. The molecule has 0 fully saturated rings. The number of pyridine rings is 2. The molecule has 0 saturated heterocycles. The highest BCUT2D eigenvalue weighted by Gasteiger charge is 2.20. The van der Waals surface area contributed by atoms with E-state index in [0.717, 1.165) is 41.2 Å². The van der Waals surface area contributed by atoms with Gasteiger partial charge in [-0.1, -0.05) is 42.8 Å². The van der Waals surface area contributed by atoms with Crippen LogP contribution in [0.1, 0.15) is 24.2 Å². The molecule has 0 radical (unpaired) electrons. The molecule has 3 aromatic heterocycles. The van der Waals surface area contributed by atoms with Crippen LogP contribution in [0.5, 0.6) is 5.88 Å². The van der Waals surface area contributed by atoms with Crippen molar-refractivity contribution in [1.82, 2.24) is 24.6 Å². The molecule has 1 amide bonds. The first-order valence-corrected chi connectivity index (χ1v) is 11.6. The summed E-state index contributed by atoms with van der Waals surface area (Å²) in [6.07, 6.45) is 2.77. The number of fused-ring (bicyclic) bond motifs is 1. The zero-order chi connectivity index (χ0) is 23.9. The van der Waals surface area contributed by atoms with E-state index in [1.807, 2.05) is 66.9 Å². The van der Waals surface area contributed by atoms with Crippen molar-refractivity contribution in [2.24, 2.45) is 0 Å². The lowest BCUT2D eigenvalue weighted by molar-refractivity contribution is -0.109. The molecule has 0 aliphatic carbocycles. The molecule has 1 unspecified atom stereocenters. The van der Waals surface area contributed by atoms with Gasteiger partial charge in [-0.3, -0.25) is 9.69 Å². The molecule has 4 aromatic rings. The van der Waals surface area contributed by atoms with Crippen LogP contribution in [0.4, 0.5) is 0 Å². The number of hydrogen-bond acceptors (Lipinski definition) is 5. The molecule has 1 atom stereocenters. The quantitative estimate of drug-likeness (QED) is 0.256. The van der Waals surface area contributed by atoms with E-state index in [2.05, 4.69) is 26.5 Å². The summed E-state index contributed by atoms with van der Waals surface area (Å²) in [7, 11) is 1.62. The molecule has 0 aliphatic rings. The van der Waals surface area contributed by atoms with E-state index in [-0.39, 0.29) is 5.92 Å². The van der Waals surface area contributed by atoms with E-state index < -0.39 is 0 Å². The van der Waals surface area contributed by atoms with Crippen LogP contribution in [0.25, 0.3) is 16.9 Å². The lowest BCUT2D eigenvalue weighted by Crippen LogP contribution is -2.34. The van der Waals surface area contributed by atoms with Crippen molar-refractivity contribution < 1.29 is 9.53 Å². The Morgan fingerprint density at radius 2 is 1.94 bits per heavy atom. The van der Waals surface area contributed by atoms with E-state index >= 15 is 0 Å². The maximum absolute atomic E-state index is 10.9. The van der Waals surface area contributed by atoms with Crippen molar-refractivity contribution in [3.8, 4) is 17.1 Å². The first-order chi connectivity index (χ1) is 16.6. The van der Waals surface area contributed by atoms with Gasteiger partial charge in [-0.25, -0.2) is 9.97 Å². The van der Waals surface area contributed by atoms with E-state index in [9.17, 15) is 4.79 Å². The zero-order valence-electron chi connectivity index (χ0n) is 19.3. The van der Waals surface area contributed by atoms with E-state index in [4.69, 9.17) is 21.3 Å². The molecule has 8 heteroatoms. The van der Waals surface area contributed by atoms with Crippen LogP contribution in [0, 0.1) is 0 Å². The maximum atomic E-state index is 10.9. The second kappa shape index (κ2) is 11.1. The van der Waals surface area contributed by atoms with Gasteiger partial charge < -0.3 is 14.5 Å². The minimum atomic E-state index is 0.157. The van der Waals surface area contributed by atoms with Crippen molar-refractivity contribution in [3.05, 3.63) is 83.3 Å². The van der Waals surface area contributed by atoms with Gasteiger partial charge >= 0.3 is 0 Å². The molecule has 0 aliphatic heterocycles. The van der Waals surface area contributed by atoms with Crippen molar-refractivity contribution in [1.29, 1.82) is 0 Å². The topological polar surface area (TPSA) is 71.8 Å². The Kier molecular flexibility index (Phi) is 7.77. The largest absolute Gasteiger partial charge is 0.481 e. The lowest BCUT2D eigenvalue weighted by atomic mass is 10.1. The van der Waals surface area contributed by atoms with Crippen molar-refractivity contribution in [2.75, 3.05) is 26.7 Å². The summed E-state index contributed by atoms with van der Waals surface area (Å²) in [6.45, 7) is 4.79. The number of ether oxygens (including phenoxy) is 1. The van der Waals surface area contributed by atoms with Crippen LogP contribution in [0.3, 0.4) is 0 Å². The van der Waals surface area contributed by atoms with Crippen LogP contribution in [-0.4, -0.2) is 52.4 Å². The molecule has 3 heterocycles. The molecule has 4 rings (SSSR count). The highest BCUT2D eigenvalue weighted by Crippen LogP contribution is 2.28. The SMILES string of the molecule is COc1cccc(C(C)CN(CCNC=O)Cc2c(-c3ccc(Cl)cc3)nc3ccccn23)n1. The second-order valence-electron chi connectivity index (χ2n) is 8.16. The fourth-order valence-corrected chi connectivity index (χ4v) is 4.19. The Bertz CT molecular complexity index is 1240. The smallest absolute Gasteiger partial charge is 0.213 e. The van der Waals surface area contributed by atoms with Gasteiger partial charge in [0, 0.05) is 60.6 Å². The molecule has 1 N–H and O–H groups in total. The van der Waals surface area contributed by atoms with Gasteiger partial charge in [0.05, 0.1) is 18.5 Å². The molecule has 176 valence electrons. The minimum Gasteiger partial charge on any atom is -0.481 e. The Hall–Kier alpha value is -3.42. The Balaban J connectivity index is 1.66. The summed E-state index contributed by atoms with van der Waals surface area (Å²) in [5.41, 5.74) is 4.86. The predicted molar refractivity (Wildman–Crippen MR) is 134 cm³/mol. The second-order valence-corrected chi connectivity index (χ2v) is 8.59. The maximum Gasteiger partial charge on any atom is 0.213 e. The van der Waals surface area contributed by atoms with Crippen LogP contribution in [0.15, 0.2) is 66.9 Å². The Morgan fingerprint density at radius 3 is 2.71 bits per heavy atom. The summed E-state index contributed by atoms with van der Waals surface area (Å²) in [4.78, 5) is 22.7. The van der Waals surface area contributed by atoms with Gasteiger partial charge in [-0.05, 0) is 30.3 Å². The van der Waals surface area contributed by atoms with Crippen LogP contribution >= 0.6 is 11.6 Å². The van der Waals surface area contributed by atoms with Gasteiger partial charge in [0.15, 0.2) is 0 Å². The van der Waals surface area contributed by atoms with Gasteiger partial charge in [0.2, 0.25) is 12.3 Å². The first-order valence-electron chi connectivity index (χ1n) is 11.2. The summed E-state index contributed by atoms with van der Waals surface area (Å²) < 4.78 is 7.42. The average molecular weight is 478 g/mol. The number of imidazole rings is 1. The van der Waals surface area contributed by atoms with Crippen molar-refractivity contribution in [2.45, 2.75) is 19.4 Å². The van der Waals surface area contributed by atoms with Crippen LogP contribution in [-0.2, 0) is 11.3 Å². The van der Waals surface area contributed by atoms with Crippen molar-refractivity contribution in [3.63, 3.8) is 0 Å². The number of aromatic nitrogens is 3. The monoisotopic (exact) mass is 477 g/mol. The number of amides is 1. The zero-order valence-corrected chi connectivity index (χ0v) is 20.1. The molecule has 0 bridgehead atoms. The summed E-state index contributed by atoms with van der Waals surface area (Å²) >= 11 is 6.13. The first kappa shape index (κ1) is 23.7. The summed E-state index contributed by atoms with van der Waals surface area (Å²) in [5.74, 6) is 0.759. The lowest BCUT2D eigenvalue weighted by Gasteiger charge is -2.26. The number of nitrogens with zero attached hydrogens (tertiary/aromatic N) is 4. The number of carbonyl (C=O) groups excluding carboxylic acids is 1. The molecular weight excluding hydrogens is 450 g/mol. The minimum absolute atomic E-state index is 0.157. The van der Waals surface area contributed by atoms with E-state index in [1.54, 1.807) is 7.11 Å². The Labute approximate surface area is 204 Å².